The van der Waals surface area contributed by atoms with E-state index in [1.54, 1.807) is 24.8 Å². The average molecular weight is 408 g/mol. The molecular formula is C19H16N6O3S. The number of amides is 2. The molecule has 0 fully saturated rings. The Labute approximate surface area is 168 Å². The topological polar surface area (TPSA) is 139 Å². The number of H-pyrrole nitrogens is 2. The molecule has 0 bridgehead atoms. The second-order valence-corrected chi connectivity index (χ2v) is 6.90. The van der Waals surface area contributed by atoms with Crippen molar-refractivity contribution in [3.05, 3.63) is 59.4 Å². The van der Waals surface area contributed by atoms with Gasteiger partial charge in [0.25, 0.3) is 11.8 Å². The summed E-state index contributed by atoms with van der Waals surface area (Å²) in [4.78, 5) is 31.1. The highest BCUT2D eigenvalue weighted by atomic mass is 32.1. The maximum absolute atomic E-state index is 12.7. The Kier molecular flexibility index (Phi) is 4.83. The number of nitrogens with one attached hydrogen (secondary N) is 3. The molecule has 1 aromatic carbocycles. The highest BCUT2D eigenvalue weighted by Gasteiger charge is 2.17. The number of benzene rings is 1. The minimum Gasteiger partial charge on any atom is -0.497 e. The van der Waals surface area contributed by atoms with Gasteiger partial charge >= 0.3 is 0 Å². The minimum absolute atomic E-state index is 0.293. The fourth-order valence-corrected chi connectivity index (χ4v) is 3.46. The van der Waals surface area contributed by atoms with Crippen molar-refractivity contribution in [2.75, 3.05) is 12.4 Å². The van der Waals surface area contributed by atoms with Gasteiger partial charge in [-0.1, -0.05) is 0 Å². The zero-order valence-electron chi connectivity index (χ0n) is 15.2. The standard InChI is InChI=1S/C19H16N6O3S/c1-28-12-4-2-10(3-5-12)16-13(8-22-25-16)18(27)24-19-23-15(9-29-19)11-6-14(17(20)26)21-7-11/h2-9,21H,1H3,(H2,20,26)(H,22,25)(H,23,24,27). The maximum atomic E-state index is 12.7. The molecule has 0 saturated heterocycles. The number of rotatable bonds is 6. The Morgan fingerprint density at radius 1 is 1.21 bits per heavy atom. The lowest BCUT2D eigenvalue weighted by molar-refractivity contribution is 0.0994. The number of thiazole rings is 1. The first-order valence-electron chi connectivity index (χ1n) is 8.48. The first-order chi connectivity index (χ1) is 14.0. The Morgan fingerprint density at radius 2 is 2.00 bits per heavy atom. The number of hydrogen-bond donors (Lipinski definition) is 4. The van der Waals surface area contributed by atoms with E-state index in [1.807, 2.05) is 24.3 Å². The number of anilines is 1. The smallest absolute Gasteiger partial charge is 0.265 e. The monoisotopic (exact) mass is 408 g/mol. The van der Waals surface area contributed by atoms with Crippen LogP contribution >= 0.6 is 11.3 Å². The number of primary amides is 1. The van der Waals surface area contributed by atoms with E-state index in [0.717, 1.165) is 11.3 Å². The van der Waals surface area contributed by atoms with Crippen molar-refractivity contribution in [2.24, 2.45) is 5.73 Å². The average Bonchev–Trinajstić information content (AvgIpc) is 3.47. The number of carbonyl (C=O) groups is 2. The molecule has 0 aliphatic rings. The second kappa shape index (κ2) is 7.60. The molecule has 146 valence electrons. The summed E-state index contributed by atoms with van der Waals surface area (Å²) in [5.41, 5.74) is 8.66. The number of hydrogen-bond acceptors (Lipinski definition) is 6. The van der Waals surface area contributed by atoms with Crippen LogP contribution in [-0.4, -0.2) is 39.1 Å². The number of methoxy groups -OCH3 is 1. The lowest BCUT2D eigenvalue weighted by Crippen LogP contribution is -2.12. The van der Waals surface area contributed by atoms with Crippen molar-refractivity contribution in [1.82, 2.24) is 20.2 Å². The van der Waals surface area contributed by atoms with Crippen LogP contribution in [0.1, 0.15) is 20.8 Å². The van der Waals surface area contributed by atoms with E-state index in [4.69, 9.17) is 10.5 Å². The van der Waals surface area contributed by atoms with Crippen LogP contribution < -0.4 is 15.8 Å². The molecule has 0 unspecified atom stereocenters. The number of nitrogens with zero attached hydrogens (tertiary/aromatic N) is 2. The van der Waals surface area contributed by atoms with Gasteiger partial charge in [0, 0.05) is 22.7 Å². The van der Waals surface area contributed by atoms with E-state index < -0.39 is 5.91 Å². The molecule has 4 rings (SSSR count). The molecule has 2 amide bonds. The summed E-state index contributed by atoms with van der Waals surface area (Å²) in [6.45, 7) is 0. The van der Waals surface area contributed by atoms with Crippen LogP contribution in [0.25, 0.3) is 22.5 Å². The van der Waals surface area contributed by atoms with Crippen LogP contribution in [-0.2, 0) is 0 Å². The van der Waals surface area contributed by atoms with Crippen molar-refractivity contribution in [3.8, 4) is 28.3 Å². The van der Waals surface area contributed by atoms with Crippen LogP contribution in [0.4, 0.5) is 5.13 Å². The molecule has 4 aromatic rings. The van der Waals surface area contributed by atoms with Crippen molar-refractivity contribution in [3.63, 3.8) is 0 Å². The molecule has 3 heterocycles. The van der Waals surface area contributed by atoms with E-state index in [-0.39, 0.29) is 5.91 Å². The zero-order chi connectivity index (χ0) is 20.4. The van der Waals surface area contributed by atoms with Crippen molar-refractivity contribution in [1.29, 1.82) is 0 Å². The van der Waals surface area contributed by atoms with Gasteiger partial charge in [0.2, 0.25) is 0 Å². The normalized spacial score (nSPS) is 10.7. The predicted octanol–water partition coefficient (Wildman–Crippen LogP) is 2.89. The highest BCUT2D eigenvalue weighted by molar-refractivity contribution is 7.14. The summed E-state index contributed by atoms with van der Waals surface area (Å²) in [7, 11) is 1.59. The molecule has 0 spiro atoms. The summed E-state index contributed by atoms with van der Waals surface area (Å²) in [6, 6.07) is 8.91. The van der Waals surface area contributed by atoms with Gasteiger partial charge in [-0.2, -0.15) is 5.10 Å². The summed E-state index contributed by atoms with van der Waals surface area (Å²) in [5.74, 6) is -0.165. The van der Waals surface area contributed by atoms with E-state index >= 15 is 0 Å². The van der Waals surface area contributed by atoms with Crippen LogP contribution in [0.5, 0.6) is 5.75 Å². The van der Waals surface area contributed by atoms with Gasteiger partial charge in [-0.15, -0.1) is 11.3 Å². The van der Waals surface area contributed by atoms with Crippen molar-refractivity contribution < 1.29 is 14.3 Å². The Hall–Kier alpha value is -3.92. The SMILES string of the molecule is COc1ccc(-c2[nH]ncc2C(=O)Nc2nc(-c3c[nH]c(C(N)=O)c3)cs2)cc1. The Morgan fingerprint density at radius 3 is 2.69 bits per heavy atom. The predicted molar refractivity (Wildman–Crippen MR) is 109 cm³/mol. The quantitative estimate of drug-likeness (QED) is 0.388. The second-order valence-electron chi connectivity index (χ2n) is 6.05. The third-order valence-electron chi connectivity index (χ3n) is 4.23. The van der Waals surface area contributed by atoms with E-state index in [9.17, 15) is 9.59 Å². The summed E-state index contributed by atoms with van der Waals surface area (Å²) >= 11 is 1.27. The molecule has 5 N–H and O–H groups in total. The van der Waals surface area contributed by atoms with E-state index in [1.165, 1.54) is 17.5 Å². The molecule has 29 heavy (non-hydrogen) atoms. The first-order valence-corrected chi connectivity index (χ1v) is 9.36. The molecular weight excluding hydrogens is 392 g/mol. The Balaban J connectivity index is 1.52. The van der Waals surface area contributed by atoms with Crippen LogP contribution in [0, 0.1) is 0 Å². The molecule has 3 aromatic heterocycles. The molecule has 9 nitrogen and oxygen atoms in total. The summed E-state index contributed by atoms with van der Waals surface area (Å²) in [6.07, 6.45) is 3.10. The lowest BCUT2D eigenvalue weighted by Gasteiger charge is -2.05. The van der Waals surface area contributed by atoms with Crippen LogP contribution in [0.15, 0.2) is 48.1 Å². The Bertz CT molecular complexity index is 1170. The number of aromatic amines is 2. The van der Waals surface area contributed by atoms with Gasteiger partial charge in [0.05, 0.1) is 30.3 Å². The summed E-state index contributed by atoms with van der Waals surface area (Å²) < 4.78 is 5.16. The molecule has 0 aliphatic heterocycles. The summed E-state index contributed by atoms with van der Waals surface area (Å²) in [5, 5.41) is 11.8. The highest BCUT2D eigenvalue weighted by Crippen LogP contribution is 2.27. The third-order valence-corrected chi connectivity index (χ3v) is 4.99. The number of nitrogens with two attached hydrogens (primary N) is 1. The van der Waals surface area contributed by atoms with Crippen LogP contribution in [0.2, 0.25) is 0 Å². The zero-order valence-corrected chi connectivity index (χ0v) is 16.0. The first kappa shape index (κ1) is 18.4. The van der Waals surface area contributed by atoms with Crippen molar-refractivity contribution >= 4 is 28.3 Å². The molecule has 0 saturated carbocycles. The van der Waals surface area contributed by atoms with Crippen LogP contribution in [0.3, 0.4) is 0 Å². The van der Waals surface area contributed by atoms with E-state index in [0.29, 0.717) is 33.3 Å². The van der Waals surface area contributed by atoms with Gasteiger partial charge < -0.3 is 15.5 Å². The molecule has 10 heteroatoms. The third kappa shape index (κ3) is 3.73. The number of aromatic nitrogens is 4. The molecule has 0 radical (unpaired) electrons. The fraction of sp³-hybridized carbons (Fsp3) is 0.0526. The van der Waals surface area contributed by atoms with Gasteiger partial charge in [-0.3, -0.25) is 20.0 Å². The minimum atomic E-state index is -0.550. The maximum Gasteiger partial charge on any atom is 0.265 e. The molecule has 0 aliphatic carbocycles. The fourth-order valence-electron chi connectivity index (χ4n) is 2.75. The van der Waals surface area contributed by atoms with E-state index in [2.05, 4.69) is 25.5 Å². The largest absolute Gasteiger partial charge is 0.497 e. The lowest BCUT2D eigenvalue weighted by atomic mass is 10.1. The van der Waals surface area contributed by atoms with Gasteiger partial charge in [0.1, 0.15) is 11.4 Å². The number of carbonyl (C=O) groups excluding carboxylic acids is 2. The molecule has 0 atom stereocenters. The van der Waals surface area contributed by atoms with Gasteiger partial charge in [-0.25, -0.2) is 4.98 Å². The van der Waals surface area contributed by atoms with Gasteiger partial charge in [-0.05, 0) is 30.3 Å². The number of ether oxygens (including phenoxy) is 1. The van der Waals surface area contributed by atoms with Crippen molar-refractivity contribution in [2.45, 2.75) is 0 Å². The van der Waals surface area contributed by atoms with Gasteiger partial charge in [0.15, 0.2) is 5.13 Å².